The van der Waals surface area contributed by atoms with Crippen molar-refractivity contribution in [3.8, 4) is 46.0 Å². The van der Waals surface area contributed by atoms with E-state index in [2.05, 4.69) is 121 Å². The van der Waals surface area contributed by atoms with Crippen molar-refractivity contribution in [3.05, 3.63) is 192 Å². The van der Waals surface area contributed by atoms with Gasteiger partial charge in [-0.25, -0.2) is 0 Å². The normalized spacial score (nSPS) is 12.5. The Bertz CT molecular complexity index is 2570. The summed E-state index contributed by atoms with van der Waals surface area (Å²) in [6.45, 7) is 0. The summed E-state index contributed by atoms with van der Waals surface area (Å²) in [5.74, 6) is 6.25. The third-order valence-corrected chi connectivity index (χ3v) is 20.3. The van der Waals surface area contributed by atoms with Crippen molar-refractivity contribution in [2.24, 2.45) is 0 Å². The third kappa shape index (κ3) is 10.1. The highest BCUT2D eigenvalue weighted by molar-refractivity contribution is 6.69. The molecule has 0 fully saturated rings. The summed E-state index contributed by atoms with van der Waals surface area (Å²) >= 11 is 0. The molecule has 0 radical (unpaired) electrons. The predicted molar refractivity (Wildman–Crippen MR) is 294 cm³/mol. The van der Waals surface area contributed by atoms with Gasteiger partial charge in [-0.1, -0.05) is 166 Å². The maximum atomic E-state index is 5.88. The fourth-order valence-corrected chi connectivity index (χ4v) is 16.3. The van der Waals surface area contributed by atoms with Crippen LogP contribution in [0, 0.1) is 0 Å². The molecular formula is C57H60O8Si4. The Kier molecular flexibility index (Phi) is 15.8. The highest BCUT2D eigenvalue weighted by atomic mass is 28.2. The standard InChI is InChI=1S/C57H60O8Si4/c1-58-45-13-9-17-49(53(45)62-5)66-41-29-21-37(22-30-41)57(38-23-31-42(32-24-38)67-50-18-10-14-46(59-2)54(50)63-6,39-25-33-43(34-26-39)68-51-19-11-15-47(60-3)55(51)64-7)40-27-35-44(36-28-40)69-52-20-12-16-48(61-4)56(52)65-8/h9-36H,66-69H2,1-8H3. The first-order valence-corrected chi connectivity index (χ1v) is 28.6. The summed E-state index contributed by atoms with van der Waals surface area (Å²) in [5, 5.41) is 9.99. The van der Waals surface area contributed by atoms with Crippen LogP contribution in [0.2, 0.25) is 0 Å². The molecule has 8 aromatic carbocycles. The number of ether oxygens (including phenoxy) is 8. The SMILES string of the molecule is COc1cccc([SiH2]c2ccc(C(c3ccc([SiH2]c4cccc(OC)c4OC)cc3)(c3ccc([SiH2]c4cccc(OC)c4OC)cc3)c3ccc([SiH2]c4cccc(OC)c4OC)cc3)cc2)c1OC. The average molecular weight is 985 g/mol. The fourth-order valence-electron chi connectivity index (χ4n) is 9.74. The van der Waals surface area contributed by atoms with Crippen LogP contribution in [0.3, 0.4) is 0 Å². The van der Waals surface area contributed by atoms with Gasteiger partial charge in [-0.05, 0) is 67.3 Å². The van der Waals surface area contributed by atoms with E-state index in [9.17, 15) is 0 Å². The molecule has 8 nitrogen and oxygen atoms in total. The number of hydrogen-bond acceptors (Lipinski definition) is 8. The molecule has 0 unspecified atom stereocenters. The maximum Gasteiger partial charge on any atom is 0.160 e. The van der Waals surface area contributed by atoms with Gasteiger partial charge in [0.25, 0.3) is 0 Å². The van der Waals surface area contributed by atoms with Gasteiger partial charge in [0.2, 0.25) is 0 Å². The lowest BCUT2D eigenvalue weighted by molar-refractivity contribution is 0.357. The van der Waals surface area contributed by atoms with Gasteiger partial charge in [0.05, 0.1) is 100 Å². The van der Waals surface area contributed by atoms with Crippen molar-refractivity contribution < 1.29 is 37.9 Å². The lowest BCUT2D eigenvalue weighted by Gasteiger charge is -2.37. The molecular weight excluding hydrogens is 925 g/mol. The number of hydrogen-bond donors (Lipinski definition) is 0. The van der Waals surface area contributed by atoms with Gasteiger partial charge in [-0.2, -0.15) is 0 Å². The van der Waals surface area contributed by atoms with Gasteiger partial charge in [0.15, 0.2) is 46.0 Å². The van der Waals surface area contributed by atoms with Gasteiger partial charge in [-0.3, -0.25) is 0 Å². The van der Waals surface area contributed by atoms with Crippen LogP contribution >= 0.6 is 0 Å². The first-order valence-electron chi connectivity index (χ1n) is 23.0. The van der Waals surface area contributed by atoms with E-state index in [0.717, 1.165) is 46.0 Å². The highest BCUT2D eigenvalue weighted by Gasteiger charge is 2.39. The maximum absolute atomic E-state index is 5.88. The Labute approximate surface area is 415 Å². The summed E-state index contributed by atoms with van der Waals surface area (Å²) in [7, 11) is 9.90. The van der Waals surface area contributed by atoms with Gasteiger partial charge in [0.1, 0.15) is 0 Å². The number of benzene rings is 8. The summed E-state index contributed by atoms with van der Waals surface area (Å²) in [6.07, 6.45) is 0. The Morgan fingerprint density at radius 3 is 0.623 bits per heavy atom. The van der Waals surface area contributed by atoms with Crippen LogP contribution < -0.4 is 79.4 Å². The van der Waals surface area contributed by atoms with Gasteiger partial charge < -0.3 is 37.9 Å². The molecule has 0 aliphatic heterocycles. The first kappa shape index (κ1) is 48.5. The lowest BCUT2D eigenvalue weighted by Crippen LogP contribution is -2.35. The average Bonchev–Trinajstić information content (AvgIpc) is 3.40. The van der Waals surface area contributed by atoms with Crippen LogP contribution in [-0.4, -0.2) is 95.0 Å². The van der Waals surface area contributed by atoms with Crippen LogP contribution in [0.15, 0.2) is 170 Å². The Morgan fingerprint density at radius 1 is 0.246 bits per heavy atom. The summed E-state index contributed by atoms with van der Waals surface area (Å²) in [6, 6.07) is 61.9. The van der Waals surface area contributed by atoms with E-state index < -0.39 is 43.5 Å². The van der Waals surface area contributed by atoms with E-state index in [0.29, 0.717) is 0 Å². The topological polar surface area (TPSA) is 73.8 Å². The molecule has 0 heterocycles. The molecule has 8 rings (SSSR count). The van der Waals surface area contributed by atoms with Crippen LogP contribution in [0.1, 0.15) is 22.3 Å². The zero-order valence-electron chi connectivity index (χ0n) is 40.8. The first-order chi connectivity index (χ1) is 33.8. The number of methoxy groups -OCH3 is 8. The van der Waals surface area contributed by atoms with E-state index in [-0.39, 0.29) is 0 Å². The van der Waals surface area contributed by atoms with E-state index in [4.69, 9.17) is 37.9 Å². The Morgan fingerprint density at radius 2 is 0.449 bits per heavy atom. The highest BCUT2D eigenvalue weighted by Crippen LogP contribution is 2.44. The molecule has 0 atom stereocenters. The minimum Gasteiger partial charge on any atom is -0.493 e. The van der Waals surface area contributed by atoms with Crippen LogP contribution in [0.5, 0.6) is 46.0 Å². The van der Waals surface area contributed by atoms with Crippen molar-refractivity contribution in [1.82, 2.24) is 0 Å². The van der Waals surface area contributed by atoms with Gasteiger partial charge in [-0.15, -0.1) is 0 Å². The third-order valence-electron chi connectivity index (χ3n) is 13.1. The van der Waals surface area contributed by atoms with Crippen molar-refractivity contribution in [2.75, 3.05) is 56.9 Å². The van der Waals surface area contributed by atoms with Crippen molar-refractivity contribution in [3.63, 3.8) is 0 Å². The molecule has 0 amide bonds. The second-order valence-corrected chi connectivity index (χ2v) is 24.6. The molecule has 0 spiro atoms. The van der Waals surface area contributed by atoms with Crippen LogP contribution in [-0.2, 0) is 5.41 Å². The van der Waals surface area contributed by atoms with Crippen molar-refractivity contribution in [1.29, 1.82) is 0 Å². The second-order valence-electron chi connectivity index (χ2n) is 16.9. The van der Waals surface area contributed by atoms with Crippen molar-refractivity contribution >= 4 is 79.6 Å². The summed E-state index contributed by atoms with van der Waals surface area (Å²) < 4.78 is 46.3. The molecule has 0 saturated heterocycles. The van der Waals surface area contributed by atoms with E-state index in [1.807, 2.05) is 48.5 Å². The molecule has 69 heavy (non-hydrogen) atoms. The molecule has 8 aromatic rings. The molecule has 0 N–H and O–H groups in total. The minimum atomic E-state index is -0.935. The molecule has 0 aromatic heterocycles. The van der Waals surface area contributed by atoms with Crippen molar-refractivity contribution in [2.45, 2.75) is 5.41 Å². The van der Waals surface area contributed by atoms with Gasteiger partial charge in [0, 0.05) is 0 Å². The number of rotatable bonds is 20. The van der Waals surface area contributed by atoms with Gasteiger partial charge >= 0.3 is 0 Å². The quantitative estimate of drug-likeness (QED) is 0.0855. The molecule has 0 bridgehead atoms. The van der Waals surface area contributed by atoms with E-state index >= 15 is 0 Å². The van der Waals surface area contributed by atoms with E-state index in [1.165, 1.54) is 63.7 Å². The molecule has 0 saturated carbocycles. The number of para-hydroxylation sites is 4. The molecule has 352 valence electrons. The zero-order valence-corrected chi connectivity index (χ0v) is 46.4. The fraction of sp³-hybridized carbons (Fsp3) is 0.158. The second kappa shape index (κ2) is 22.4. The zero-order chi connectivity index (χ0) is 48.3. The predicted octanol–water partition coefficient (Wildman–Crippen LogP) is 2.62. The summed E-state index contributed by atoms with van der Waals surface area (Å²) in [5.41, 5.74) is 4.02. The minimum absolute atomic E-state index is 0.691. The Balaban J connectivity index is 1.28. The van der Waals surface area contributed by atoms with E-state index in [1.54, 1.807) is 56.9 Å². The smallest absolute Gasteiger partial charge is 0.160 e. The van der Waals surface area contributed by atoms with Crippen LogP contribution in [0.25, 0.3) is 0 Å². The largest absolute Gasteiger partial charge is 0.493 e. The molecule has 0 aliphatic carbocycles. The molecule has 12 heteroatoms. The molecule has 0 aliphatic rings. The van der Waals surface area contributed by atoms with Crippen LogP contribution in [0.4, 0.5) is 0 Å². The Hall–Kier alpha value is -6.97. The lowest BCUT2D eigenvalue weighted by atomic mass is 9.65. The summed E-state index contributed by atoms with van der Waals surface area (Å²) in [4.78, 5) is 0. The monoisotopic (exact) mass is 984 g/mol.